The predicted molar refractivity (Wildman–Crippen MR) is 61.5 cm³/mol. The number of carboxylic acid groups (broad SMARTS) is 1. The zero-order chi connectivity index (χ0) is 11.0. The molecule has 0 radical (unpaired) electrons. The van der Waals surface area contributed by atoms with Gasteiger partial charge in [-0.25, -0.2) is 9.78 Å². The highest BCUT2D eigenvalue weighted by molar-refractivity contribution is 7.82. The summed E-state index contributed by atoms with van der Waals surface area (Å²) in [4.78, 5) is 16.5. The van der Waals surface area contributed by atoms with Gasteiger partial charge in [-0.1, -0.05) is 6.08 Å². The van der Waals surface area contributed by atoms with E-state index in [9.17, 15) is 4.79 Å². The number of amides is 1. The minimum atomic E-state index is -0.893. The first-order valence-electron chi connectivity index (χ1n) is 4.43. The molecule has 1 aliphatic heterocycles. The van der Waals surface area contributed by atoms with Crippen molar-refractivity contribution in [3.63, 3.8) is 0 Å². The quantitative estimate of drug-likeness (QED) is 0.742. The van der Waals surface area contributed by atoms with Crippen LogP contribution in [0.1, 0.15) is 12.6 Å². The van der Waals surface area contributed by atoms with Gasteiger partial charge in [0.2, 0.25) is 0 Å². The van der Waals surface area contributed by atoms with Crippen LogP contribution < -0.4 is 0 Å². The molecule has 0 aromatic carbocycles. The summed E-state index contributed by atoms with van der Waals surface area (Å²) >= 11 is 5.58. The summed E-state index contributed by atoms with van der Waals surface area (Å²) < 4.78 is 0.701. The Kier molecular flexibility index (Phi) is 2.70. The summed E-state index contributed by atoms with van der Waals surface area (Å²) in [7, 11) is 0. The van der Waals surface area contributed by atoms with E-state index in [2.05, 4.69) is 17.6 Å². The fourth-order valence-corrected chi connectivity index (χ4v) is 2.42. The molecule has 1 amide bonds. The molecule has 0 fully saturated rings. The lowest BCUT2D eigenvalue weighted by Gasteiger charge is -2.16. The maximum atomic E-state index is 10.9. The van der Waals surface area contributed by atoms with Crippen molar-refractivity contribution in [2.24, 2.45) is 0 Å². The largest absolute Gasteiger partial charge is 0.465 e. The van der Waals surface area contributed by atoms with Gasteiger partial charge >= 0.3 is 6.09 Å². The number of thiol groups is 1. The van der Waals surface area contributed by atoms with Crippen LogP contribution in [-0.4, -0.2) is 33.7 Å². The van der Waals surface area contributed by atoms with Crippen LogP contribution >= 0.6 is 24.0 Å². The van der Waals surface area contributed by atoms with Gasteiger partial charge in [0, 0.05) is 5.38 Å². The molecule has 1 atom stereocenters. The van der Waals surface area contributed by atoms with Gasteiger partial charge < -0.3 is 5.11 Å². The van der Waals surface area contributed by atoms with Crippen LogP contribution in [0.25, 0.3) is 5.57 Å². The Labute approximate surface area is 96.7 Å². The Hall–Kier alpha value is -1.01. The summed E-state index contributed by atoms with van der Waals surface area (Å²) in [6.45, 7) is 2.27. The number of thiazole rings is 1. The third-order valence-corrected chi connectivity index (χ3v) is 3.40. The van der Waals surface area contributed by atoms with E-state index in [1.54, 1.807) is 0 Å². The predicted octanol–water partition coefficient (Wildman–Crippen LogP) is 2.20. The van der Waals surface area contributed by atoms with Gasteiger partial charge in [-0.15, -0.1) is 24.0 Å². The topological polar surface area (TPSA) is 53.4 Å². The summed E-state index contributed by atoms with van der Waals surface area (Å²) in [6.07, 6.45) is 1.03. The first kappa shape index (κ1) is 10.5. The molecule has 1 aromatic rings. The van der Waals surface area contributed by atoms with Crippen molar-refractivity contribution in [1.29, 1.82) is 0 Å². The van der Waals surface area contributed by atoms with Crippen LogP contribution in [0.4, 0.5) is 4.79 Å². The fourth-order valence-electron chi connectivity index (χ4n) is 1.58. The lowest BCUT2D eigenvalue weighted by atomic mass is 10.2. The maximum absolute atomic E-state index is 10.9. The Morgan fingerprint density at radius 3 is 3.00 bits per heavy atom. The van der Waals surface area contributed by atoms with Gasteiger partial charge in [0.25, 0.3) is 0 Å². The molecule has 0 saturated heterocycles. The molecule has 1 N–H and O–H groups in total. The molecule has 0 bridgehead atoms. The molecule has 2 rings (SSSR count). The minimum Gasteiger partial charge on any atom is -0.465 e. The van der Waals surface area contributed by atoms with Crippen molar-refractivity contribution in [2.75, 3.05) is 6.54 Å². The molecule has 6 heteroatoms. The second-order valence-corrected chi connectivity index (χ2v) is 4.94. The van der Waals surface area contributed by atoms with Crippen LogP contribution in [0, 0.1) is 0 Å². The number of hydrogen-bond donors (Lipinski definition) is 2. The summed E-state index contributed by atoms with van der Waals surface area (Å²) in [6, 6.07) is -0.0810. The van der Waals surface area contributed by atoms with Crippen molar-refractivity contribution in [3.05, 3.63) is 17.2 Å². The van der Waals surface area contributed by atoms with Crippen molar-refractivity contribution in [3.8, 4) is 0 Å². The normalized spacial score (nSPS) is 20.5. The molecule has 80 valence electrons. The van der Waals surface area contributed by atoms with E-state index >= 15 is 0 Å². The van der Waals surface area contributed by atoms with Crippen LogP contribution in [0.5, 0.6) is 0 Å². The summed E-state index contributed by atoms with van der Waals surface area (Å²) in [5.74, 6) is 0. The lowest BCUT2D eigenvalue weighted by molar-refractivity contribution is 0.147. The third-order valence-electron chi connectivity index (χ3n) is 2.34. The average Bonchev–Trinajstić information content (AvgIpc) is 2.71. The van der Waals surface area contributed by atoms with Gasteiger partial charge in [0.05, 0.1) is 18.3 Å². The molecule has 15 heavy (non-hydrogen) atoms. The fraction of sp³-hybridized carbons (Fsp3) is 0.333. The van der Waals surface area contributed by atoms with Gasteiger partial charge in [-0.2, -0.15) is 0 Å². The van der Waals surface area contributed by atoms with Crippen LogP contribution in [0.3, 0.4) is 0 Å². The number of hydrogen-bond acceptors (Lipinski definition) is 4. The van der Waals surface area contributed by atoms with Crippen molar-refractivity contribution in [2.45, 2.75) is 17.3 Å². The molecule has 4 nitrogen and oxygen atoms in total. The molecular formula is C9H10N2O2S2. The molecule has 0 spiro atoms. The average molecular weight is 242 g/mol. The van der Waals surface area contributed by atoms with Crippen LogP contribution in [0.15, 0.2) is 15.8 Å². The van der Waals surface area contributed by atoms with E-state index in [-0.39, 0.29) is 6.04 Å². The second kappa shape index (κ2) is 3.86. The number of rotatable bonds is 1. The van der Waals surface area contributed by atoms with E-state index < -0.39 is 6.09 Å². The minimum absolute atomic E-state index is 0.0810. The van der Waals surface area contributed by atoms with Gasteiger partial charge in [0.15, 0.2) is 0 Å². The lowest BCUT2D eigenvalue weighted by Crippen LogP contribution is -2.33. The van der Waals surface area contributed by atoms with Gasteiger partial charge in [0.1, 0.15) is 4.34 Å². The van der Waals surface area contributed by atoms with E-state index in [0.717, 1.165) is 11.3 Å². The highest BCUT2D eigenvalue weighted by Gasteiger charge is 2.26. The smallest absolute Gasteiger partial charge is 0.408 e. The number of carbonyl (C=O) groups is 1. The summed E-state index contributed by atoms with van der Waals surface area (Å²) in [5, 5.41) is 10.8. The third kappa shape index (κ3) is 2.00. The highest BCUT2D eigenvalue weighted by Crippen LogP contribution is 2.26. The first-order valence-corrected chi connectivity index (χ1v) is 5.75. The van der Waals surface area contributed by atoms with Gasteiger partial charge in [-0.3, -0.25) is 4.90 Å². The van der Waals surface area contributed by atoms with Gasteiger partial charge in [-0.05, 0) is 12.5 Å². The zero-order valence-corrected chi connectivity index (χ0v) is 9.76. The Morgan fingerprint density at radius 1 is 1.80 bits per heavy atom. The number of nitrogens with zero attached hydrogens (tertiary/aromatic N) is 2. The molecule has 2 heterocycles. The van der Waals surface area contributed by atoms with E-state index in [4.69, 9.17) is 5.11 Å². The molecular weight excluding hydrogens is 232 g/mol. The molecule has 0 unspecified atom stereocenters. The van der Waals surface area contributed by atoms with E-state index in [1.165, 1.54) is 16.2 Å². The highest BCUT2D eigenvalue weighted by atomic mass is 32.2. The molecule has 1 aromatic heterocycles. The maximum Gasteiger partial charge on any atom is 0.408 e. The SMILES string of the molecule is C[C@@H]1C=C(c2csc(S)n2)CN1C(=O)O. The molecule has 0 saturated carbocycles. The van der Waals surface area contributed by atoms with Crippen molar-refractivity contribution < 1.29 is 9.90 Å². The Bertz CT molecular complexity index is 428. The summed E-state index contributed by atoms with van der Waals surface area (Å²) in [5.41, 5.74) is 1.79. The molecule has 0 aliphatic carbocycles. The Morgan fingerprint density at radius 2 is 2.53 bits per heavy atom. The monoisotopic (exact) mass is 242 g/mol. The number of aromatic nitrogens is 1. The van der Waals surface area contributed by atoms with E-state index in [0.29, 0.717) is 10.9 Å². The van der Waals surface area contributed by atoms with Crippen molar-refractivity contribution in [1.82, 2.24) is 9.88 Å². The Balaban J connectivity index is 2.21. The second-order valence-electron chi connectivity index (χ2n) is 3.36. The van der Waals surface area contributed by atoms with E-state index in [1.807, 2.05) is 18.4 Å². The van der Waals surface area contributed by atoms with Crippen LogP contribution in [-0.2, 0) is 0 Å². The standard InChI is InChI=1S/C9H10N2O2S2/c1-5-2-6(3-11(5)9(12)13)7-4-15-8(14)10-7/h2,4-5H,3H2,1H3,(H,10,14)(H,12,13)/t5-/m1/s1. The van der Waals surface area contributed by atoms with Crippen molar-refractivity contribution >= 4 is 35.6 Å². The van der Waals surface area contributed by atoms with Crippen LogP contribution in [0.2, 0.25) is 0 Å². The zero-order valence-electron chi connectivity index (χ0n) is 8.04. The molecule has 1 aliphatic rings. The first-order chi connectivity index (χ1) is 7.08.